The second kappa shape index (κ2) is 8.91. The van der Waals surface area contributed by atoms with E-state index in [9.17, 15) is 10.1 Å². The van der Waals surface area contributed by atoms with E-state index < -0.39 is 0 Å². The van der Waals surface area contributed by atoms with Gasteiger partial charge in [-0.2, -0.15) is 10.2 Å². The molecule has 1 saturated heterocycles. The largest absolute Gasteiger partial charge is 0.459 e. The van der Waals surface area contributed by atoms with Crippen LogP contribution in [0.25, 0.3) is 11.7 Å². The summed E-state index contributed by atoms with van der Waals surface area (Å²) in [7, 11) is 0. The fourth-order valence-corrected chi connectivity index (χ4v) is 4.07. The Bertz CT molecular complexity index is 1120. The quantitative estimate of drug-likeness (QED) is 0.619. The minimum absolute atomic E-state index is 0.0578. The first-order valence-electron chi connectivity index (χ1n) is 10.9. The molecule has 0 aliphatic carbocycles. The molecule has 1 aromatic carbocycles. The molecule has 7 nitrogen and oxygen atoms in total. The van der Waals surface area contributed by atoms with Crippen molar-refractivity contribution in [1.82, 2.24) is 10.3 Å². The summed E-state index contributed by atoms with van der Waals surface area (Å²) in [6, 6.07) is 14.0. The minimum atomic E-state index is -0.147. The highest BCUT2D eigenvalue weighted by Crippen LogP contribution is 2.31. The van der Waals surface area contributed by atoms with Crippen LogP contribution in [0.5, 0.6) is 0 Å². The van der Waals surface area contributed by atoms with Crippen LogP contribution in [0.4, 0.5) is 5.88 Å². The van der Waals surface area contributed by atoms with Gasteiger partial charge in [-0.1, -0.05) is 43.7 Å². The Hall–Kier alpha value is -3.53. The van der Waals surface area contributed by atoms with E-state index in [-0.39, 0.29) is 22.9 Å². The van der Waals surface area contributed by atoms with E-state index in [2.05, 4.69) is 61.4 Å². The third-order valence-electron chi connectivity index (χ3n) is 6.10. The van der Waals surface area contributed by atoms with Crippen molar-refractivity contribution in [3.8, 4) is 17.7 Å². The maximum atomic E-state index is 12.8. The molecule has 2 aromatic heterocycles. The molecular weight excluding hydrogens is 404 g/mol. The number of anilines is 1. The van der Waals surface area contributed by atoms with Crippen molar-refractivity contribution in [3.05, 3.63) is 59.5 Å². The molecule has 0 spiro atoms. The van der Waals surface area contributed by atoms with Crippen LogP contribution in [0, 0.1) is 24.2 Å². The number of rotatable bonds is 6. The lowest BCUT2D eigenvalue weighted by molar-refractivity contribution is -0.125. The molecule has 32 heavy (non-hydrogen) atoms. The van der Waals surface area contributed by atoms with E-state index in [1.807, 2.05) is 4.90 Å². The lowest BCUT2D eigenvalue weighted by Gasteiger charge is -2.32. The Labute approximate surface area is 188 Å². The summed E-state index contributed by atoms with van der Waals surface area (Å²) in [5, 5.41) is 12.6. The highest BCUT2D eigenvalue weighted by atomic mass is 16.4. The molecule has 0 unspecified atom stereocenters. The van der Waals surface area contributed by atoms with Crippen molar-refractivity contribution in [2.45, 2.75) is 39.0 Å². The van der Waals surface area contributed by atoms with Gasteiger partial charge in [0, 0.05) is 31.0 Å². The Kier molecular flexibility index (Phi) is 6.04. The number of furan rings is 1. The van der Waals surface area contributed by atoms with Crippen molar-refractivity contribution in [2.75, 3.05) is 24.5 Å². The Morgan fingerprint density at radius 1 is 1.28 bits per heavy atom. The number of carbonyl (C=O) groups excluding carboxylic acids is 1. The normalized spacial score (nSPS) is 14.9. The molecule has 0 saturated carbocycles. The zero-order chi connectivity index (χ0) is 22.7. The molecule has 1 aliphatic rings. The Morgan fingerprint density at radius 2 is 2.06 bits per heavy atom. The molecule has 0 atom stereocenters. The molecule has 0 bridgehead atoms. The first kappa shape index (κ1) is 21.7. The smallest absolute Gasteiger partial charge is 0.266 e. The monoisotopic (exact) mass is 432 g/mol. The fraction of sp³-hybridized carbons (Fsp3) is 0.400. The molecule has 7 heteroatoms. The number of nitriles is 1. The van der Waals surface area contributed by atoms with Gasteiger partial charge in [0.1, 0.15) is 6.07 Å². The summed E-state index contributed by atoms with van der Waals surface area (Å²) in [5.41, 5.74) is 2.52. The molecular formula is C25H28N4O3. The van der Waals surface area contributed by atoms with E-state index in [0.717, 1.165) is 0 Å². The third kappa shape index (κ3) is 4.54. The number of hydrogen-bond acceptors (Lipinski definition) is 6. The highest BCUT2D eigenvalue weighted by molar-refractivity contribution is 5.79. The van der Waals surface area contributed by atoms with E-state index in [0.29, 0.717) is 50.0 Å². The summed E-state index contributed by atoms with van der Waals surface area (Å²) in [6.07, 6.45) is 2.92. The van der Waals surface area contributed by atoms with Gasteiger partial charge in [0.15, 0.2) is 5.76 Å². The number of nitrogens with zero attached hydrogens (tertiary/aromatic N) is 3. The zero-order valence-electron chi connectivity index (χ0n) is 18.7. The molecule has 1 aliphatic heterocycles. The number of piperidine rings is 1. The summed E-state index contributed by atoms with van der Waals surface area (Å²) in [5.74, 6) is 1.24. The molecule has 4 rings (SSSR count). The number of benzene rings is 1. The first-order valence-corrected chi connectivity index (χ1v) is 10.9. The lowest BCUT2D eigenvalue weighted by Crippen LogP contribution is -2.44. The average molecular weight is 433 g/mol. The van der Waals surface area contributed by atoms with Gasteiger partial charge in [-0.25, -0.2) is 0 Å². The van der Waals surface area contributed by atoms with Crippen LogP contribution in [0.3, 0.4) is 0 Å². The maximum absolute atomic E-state index is 12.8. The van der Waals surface area contributed by atoms with Gasteiger partial charge in [0.25, 0.3) is 5.89 Å². The minimum Gasteiger partial charge on any atom is -0.459 e. The van der Waals surface area contributed by atoms with Crippen LogP contribution in [0.15, 0.2) is 51.5 Å². The van der Waals surface area contributed by atoms with Gasteiger partial charge < -0.3 is 19.1 Å². The van der Waals surface area contributed by atoms with Gasteiger partial charge >= 0.3 is 0 Å². The summed E-state index contributed by atoms with van der Waals surface area (Å²) in [6.45, 7) is 8.21. The van der Waals surface area contributed by atoms with Gasteiger partial charge in [0.2, 0.25) is 17.5 Å². The van der Waals surface area contributed by atoms with Crippen LogP contribution in [0.1, 0.15) is 43.5 Å². The summed E-state index contributed by atoms with van der Waals surface area (Å²) >= 11 is 0. The molecule has 1 amide bonds. The van der Waals surface area contributed by atoms with E-state index in [4.69, 9.17) is 8.83 Å². The average Bonchev–Trinajstić information content (AvgIpc) is 3.47. The predicted molar refractivity (Wildman–Crippen MR) is 121 cm³/mol. The van der Waals surface area contributed by atoms with Crippen LogP contribution >= 0.6 is 0 Å². The predicted octanol–water partition coefficient (Wildman–Crippen LogP) is 4.43. The second-order valence-electron chi connectivity index (χ2n) is 8.99. The SMILES string of the molecule is Cc1cccc(C(C)(C)CNC(=O)C2CCN(c3oc(-c4ccco4)nc3C#N)CC2)c1. The van der Waals surface area contributed by atoms with Crippen molar-refractivity contribution in [1.29, 1.82) is 5.26 Å². The molecule has 1 N–H and O–H groups in total. The van der Waals surface area contributed by atoms with E-state index in [1.165, 1.54) is 17.4 Å². The number of amides is 1. The lowest BCUT2D eigenvalue weighted by atomic mass is 9.83. The first-order chi connectivity index (χ1) is 15.4. The van der Waals surface area contributed by atoms with Crippen molar-refractivity contribution >= 4 is 11.8 Å². The fourth-order valence-electron chi connectivity index (χ4n) is 4.07. The number of hydrogen-bond donors (Lipinski definition) is 1. The van der Waals surface area contributed by atoms with Crippen LogP contribution in [0.2, 0.25) is 0 Å². The maximum Gasteiger partial charge on any atom is 0.266 e. The Balaban J connectivity index is 1.35. The number of oxazole rings is 1. The van der Waals surface area contributed by atoms with Gasteiger partial charge in [0.05, 0.1) is 6.26 Å². The Morgan fingerprint density at radius 3 is 2.72 bits per heavy atom. The standard InChI is InChI=1S/C25H28N4O3/c1-17-6-4-7-19(14-17)25(2,3)16-27-22(30)18-9-11-29(12-10-18)24-20(15-26)28-23(32-24)21-8-5-13-31-21/h4-8,13-14,18H,9-12,16H2,1-3H3,(H,27,30). The highest BCUT2D eigenvalue weighted by Gasteiger charge is 2.30. The third-order valence-corrected chi connectivity index (χ3v) is 6.10. The zero-order valence-corrected chi connectivity index (χ0v) is 18.7. The summed E-state index contributed by atoms with van der Waals surface area (Å²) < 4.78 is 11.2. The van der Waals surface area contributed by atoms with Gasteiger partial charge in [-0.05, 0) is 37.5 Å². The number of aromatic nitrogens is 1. The molecule has 166 valence electrons. The molecule has 3 aromatic rings. The number of nitrogens with one attached hydrogen (secondary N) is 1. The number of carbonyl (C=O) groups is 1. The van der Waals surface area contributed by atoms with Crippen LogP contribution < -0.4 is 10.2 Å². The van der Waals surface area contributed by atoms with Crippen molar-refractivity contribution < 1.29 is 13.6 Å². The number of aryl methyl sites for hydroxylation is 1. The topological polar surface area (TPSA) is 95.3 Å². The molecule has 3 heterocycles. The molecule has 0 radical (unpaired) electrons. The van der Waals surface area contributed by atoms with Gasteiger partial charge in [-0.3, -0.25) is 4.79 Å². The summed E-state index contributed by atoms with van der Waals surface area (Å²) in [4.78, 5) is 19.1. The second-order valence-corrected chi connectivity index (χ2v) is 8.99. The van der Waals surface area contributed by atoms with E-state index in [1.54, 1.807) is 12.1 Å². The van der Waals surface area contributed by atoms with Crippen molar-refractivity contribution in [3.63, 3.8) is 0 Å². The van der Waals surface area contributed by atoms with Gasteiger partial charge in [-0.15, -0.1) is 0 Å². The molecule has 1 fully saturated rings. The van der Waals surface area contributed by atoms with Crippen LogP contribution in [-0.4, -0.2) is 30.5 Å². The van der Waals surface area contributed by atoms with Crippen LogP contribution in [-0.2, 0) is 10.2 Å². The van der Waals surface area contributed by atoms with E-state index >= 15 is 0 Å². The van der Waals surface area contributed by atoms with Crippen molar-refractivity contribution in [2.24, 2.45) is 5.92 Å².